The number of benzene rings is 2. The summed E-state index contributed by atoms with van der Waals surface area (Å²) in [5, 5.41) is 5.99. The molecule has 0 unspecified atom stereocenters. The Morgan fingerprint density at radius 1 is 1.00 bits per heavy atom. The lowest BCUT2D eigenvalue weighted by molar-refractivity contribution is -0.119. The lowest BCUT2D eigenvalue weighted by Crippen LogP contribution is -2.31. The molecule has 0 saturated carbocycles. The van der Waals surface area contributed by atoms with E-state index in [9.17, 15) is 4.79 Å². The highest BCUT2D eigenvalue weighted by Crippen LogP contribution is 2.32. The van der Waals surface area contributed by atoms with Crippen LogP contribution in [0.3, 0.4) is 0 Å². The van der Waals surface area contributed by atoms with Gasteiger partial charge in [0.1, 0.15) is 13.2 Å². The standard InChI is InChI=1S/C20H24N2O5/c1-24-16-5-3-14(11-18(16)25-2)7-8-21-20(23)13-22-15-4-6-17-19(12-15)27-10-9-26-17/h3-6,11-12,22H,7-10,13H2,1-2H3,(H,21,23). The van der Waals surface area contributed by atoms with Gasteiger partial charge >= 0.3 is 0 Å². The van der Waals surface area contributed by atoms with Crippen molar-refractivity contribution in [2.45, 2.75) is 6.42 Å². The zero-order chi connectivity index (χ0) is 19.1. The van der Waals surface area contributed by atoms with E-state index in [-0.39, 0.29) is 12.5 Å². The summed E-state index contributed by atoms with van der Waals surface area (Å²) >= 11 is 0. The van der Waals surface area contributed by atoms with E-state index >= 15 is 0 Å². The van der Waals surface area contributed by atoms with Gasteiger partial charge in [0.05, 0.1) is 20.8 Å². The Morgan fingerprint density at radius 2 is 1.78 bits per heavy atom. The summed E-state index contributed by atoms with van der Waals surface area (Å²) in [5.74, 6) is 2.71. The molecular formula is C20H24N2O5. The lowest BCUT2D eigenvalue weighted by Gasteiger charge is -2.19. The molecule has 1 amide bonds. The van der Waals surface area contributed by atoms with Crippen LogP contribution >= 0.6 is 0 Å². The Hall–Kier alpha value is -3.09. The number of rotatable bonds is 8. The van der Waals surface area contributed by atoms with E-state index in [2.05, 4.69) is 10.6 Å². The van der Waals surface area contributed by atoms with E-state index in [1.807, 2.05) is 36.4 Å². The molecule has 144 valence electrons. The van der Waals surface area contributed by atoms with Crippen LogP contribution in [0.4, 0.5) is 5.69 Å². The van der Waals surface area contributed by atoms with Gasteiger partial charge < -0.3 is 29.6 Å². The van der Waals surface area contributed by atoms with Crippen LogP contribution in [0.5, 0.6) is 23.0 Å². The van der Waals surface area contributed by atoms with Gasteiger partial charge in [0.2, 0.25) is 5.91 Å². The summed E-state index contributed by atoms with van der Waals surface area (Å²) in [6.45, 7) is 1.82. The second-order valence-corrected chi connectivity index (χ2v) is 6.00. The topological polar surface area (TPSA) is 78.1 Å². The molecular weight excluding hydrogens is 348 g/mol. The molecule has 1 aliphatic heterocycles. The number of fused-ring (bicyclic) bond motifs is 1. The summed E-state index contributed by atoms with van der Waals surface area (Å²) < 4.78 is 21.5. The van der Waals surface area contributed by atoms with Crippen LogP contribution in [0.25, 0.3) is 0 Å². The molecule has 0 aliphatic carbocycles. The Balaban J connectivity index is 1.43. The first-order valence-electron chi connectivity index (χ1n) is 8.80. The number of ether oxygens (including phenoxy) is 4. The molecule has 3 rings (SSSR count). The lowest BCUT2D eigenvalue weighted by atomic mass is 10.1. The number of anilines is 1. The predicted molar refractivity (Wildman–Crippen MR) is 102 cm³/mol. The highest BCUT2D eigenvalue weighted by atomic mass is 16.6. The van der Waals surface area contributed by atoms with Crippen LogP contribution in [0.1, 0.15) is 5.56 Å². The number of hydrogen-bond acceptors (Lipinski definition) is 6. The molecule has 0 spiro atoms. The van der Waals surface area contributed by atoms with Crippen molar-refractivity contribution in [1.29, 1.82) is 0 Å². The van der Waals surface area contributed by atoms with Gasteiger partial charge in [0, 0.05) is 18.3 Å². The molecule has 0 radical (unpaired) electrons. The average molecular weight is 372 g/mol. The molecule has 27 heavy (non-hydrogen) atoms. The predicted octanol–water partition coefficient (Wildman–Crippen LogP) is 2.25. The fourth-order valence-electron chi connectivity index (χ4n) is 2.78. The normalized spacial score (nSPS) is 12.2. The molecule has 2 aromatic carbocycles. The third-order valence-electron chi connectivity index (χ3n) is 4.18. The first-order valence-corrected chi connectivity index (χ1v) is 8.80. The van der Waals surface area contributed by atoms with Crippen LogP contribution in [0.15, 0.2) is 36.4 Å². The second kappa shape index (κ2) is 9.02. The van der Waals surface area contributed by atoms with Gasteiger partial charge in [-0.15, -0.1) is 0 Å². The summed E-state index contributed by atoms with van der Waals surface area (Å²) in [6.07, 6.45) is 0.704. The third kappa shape index (κ3) is 4.97. The Labute approximate surface area is 158 Å². The van der Waals surface area contributed by atoms with Gasteiger partial charge in [0.15, 0.2) is 23.0 Å². The highest BCUT2D eigenvalue weighted by molar-refractivity contribution is 5.80. The van der Waals surface area contributed by atoms with Crippen molar-refractivity contribution in [2.24, 2.45) is 0 Å². The van der Waals surface area contributed by atoms with Gasteiger partial charge in [-0.1, -0.05) is 6.07 Å². The highest BCUT2D eigenvalue weighted by Gasteiger charge is 2.12. The minimum Gasteiger partial charge on any atom is -0.493 e. The molecule has 1 aliphatic rings. The molecule has 1 heterocycles. The number of hydrogen-bond donors (Lipinski definition) is 2. The van der Waals surface area contributed by atoms with Crippen LogP contribution in [0.2, 0.25) is 0 Å². The minimum atomic E-state index is -0.0784. The van der Waals surface area contributed by atoms with Crippen LogP contribution in [0, 0.1) is 0 Å². The fourth-order valence-corrected chi connectivity index (χ4v) is 2.78. The first-order chi connectivity index (χ1) is 13.2. The quantitative estimate of drug-likeness (QED) is 0.740. The van der Waals surface area contributed by atoms with Gasteiger partial charge in [-0.05, 0) is 36.2 Å². The molecule has 0 fully saturated rings. The van der Waals surface area contributed by atoms with Crippen molar-refractivity contribution in [3.8, 4) is 23.0 Å². The van der Waals surface area contributed by atoms with Gasteiger partial charge in [-0.3, -0.25) is 4.79 Å². The van der Waals surface area contributed by atoms with E-state index in [0.29, 0.717) is 43.4 Å². The largest absolute Gasteiger partial charge is 0.493 e. The Kier molecular flexibility index (Phi) is 6.25. The van der Waals surface area contributed by atoms with Crippen molar-refractivity contribution in [3.05, 3.63) is 42.0 Å². The van der Waals surface area contributed by atoms with Gasteiger partial charge in [-0.2, -0.15) is 0 Å². The molecule has 0 aromatic heterocycles. The van der Waals surface area contributed by atoms with E-state index in [1.165, 1.54) is 0 Å². The summed E-state index contributed by atoms with van der Waals surface area (Å²) in [7, 11) is 3.21. The zero-order valence-electron chi connectivity index (χ0n) is 15.5. The maximum absolute atomic E-state index is 12.0. The van der Waals surface area contributed by atoms with Crippen LogP contribution in [-0.4, -0.2) is 46.4 Å². The summed E-state index contributed by atoms with van der Waals surface area (Å²) in [5.41, 5.74) is 1.88. The molecule has 2 aromatic rings. The molecule has 0 bridgehead atoms. The van der Waals surface area contributed by atoms with Crippen molar-refractivity contribution in [3.63, 3.8) is 0 Å². The number of nitrogens with one attached hydrogen (secondary N) is 2. The fraction of sp³-hybridized carbons (Fsp3) is 0.350. The third-order valence-corrected chi connectivity index (χ3v) is 4.18. The van der Waals surface area contributed by atoms with Crippen LogP contribution in [-0.2, 0) is 11.2 Å². The maximum atomic E-state index is 12.0. The van der Waals surface area contributed by atoms with E-state index in [0.717, 1.165) is 17.0 Å². The van der Waals surface area contributed by atoms with Crippen molar-refractivity contribution in [1.82, 2.24) is 5.32 Å². The van der Waals surface area contributed by atoms with Crippen molar-refractivity contribution >= 4 is 11.6 Å². The van der Waals surface area contributed by atoms with Crippen LogP contribution < -0.4 is 29.6 Å². The molecule has 7 nitrogen and oxygen atoms in total. The van der Waals surface area contributed by atoms with Gasteiger partial charge in [0.25, 0.3) is 0 Å². The molecule has 0 atom stereocenters. The van der Waals surface area contributed by atoms with E-state index in [1.54, 1.807) is 14.2 Å². The molecule has 2 N–H and O–H groups in total. The van der Waals surface area contributed by atoms with Crippen molar-refractivity contribution in [2.75, 3.05) is 45.8 Å². The molecule has 0 saturated heterocycles. The molecule has 7 heteroatoms. The number of methoxy groups -OCH3 is 2. The Morgan fingerprint density at radius 3 is 2.56 bits per heavy atom. The van der Waals surface area contributed by atoms with Gasteiger partial charge in [-0.25, -0.2) is 0 Å². The Bertz CT molecular complexity index is 794. The first kappa shape index (κ1) is 18.7. The minimum absolute atomic E-state index is 0.0784. The second-order valence-electron chi connectivity index (χ2n) is 6.00. The number of carbonyl (C=O) groups excluding carboxylic acids is 1. The van der Waals surface area contributed by atoms with E-state index < -0.39 is 0 Å². The summed E-state index contributed by atoms with van der Waals surface area (Å²) in [4.78, 5) is 12.0. The zero-order valence-corrected chi connectivity index (χ0v) is 15.5. The maximum Gasteiger partial charge on any atom is 0.239 e. The number of amides is 1. The number of carbonyl (C=O) groups is 1. The van der Waals surface area contributed by atoms with E-state index in [4.69, 9.17) is 18.9 Å². The summed E-state index contributed by atoms with van der Waals surface area (Å²) in [6, 6.07) is 11.3. The average Bonchev–Trinajstić information content (AvgIpc) is 2.72. The smallest absolute Gasteiger partial charge is 0.239 e. The van der Waals surface area contributed by atoms with Crippen molar-refractivity contribution < 1.29 is 23.7 Å². The monoisotopic (exact) mass is 372 g/mol. The SMILES string of the molecule is COc1ccc(CCNC(=O)CNc2ccc3c(c2)OCCO3)cc1OC.